The highest BCUT2D eigenvalue weighted by molar-refractivity contribution is 7.89. The average Bonchev–Trinajstić information content (AvgIpc) is 2.55. The van der Waals surface area contributed by atoms with Crippen LogP contribution in [0.3, 0.4) is 0 Å². The van der Waals surface area contributed by atoms with Gasteiger partial charge in [0, 0.05) is 32.2 Å². The van der Waals surface area contributed by atoms with Crippen molar-refractivity contribution < 1.29 is 17.2 Å². The van der Waals surface area contributed by atoms with Gasteiger partial charge in [-0.1, -0.05) is 12.1 Å². The highest BCUT2D eigenvalue weighted by atomic mass is 32.2. The van der Waals surface area contributed by atoms with Gasteiger partial charge in [-0.25, -0.2) is 17.2 Å². The lowest BCUT2D eigenvalue weighted by Gasteiger charge is -2.35. The van der Waals surface area contributed by atoms with Gasteiger partial charge in [-0.05, 0) is 36.8 Å². The lowest BCUT2D eigenvalue weighted by molar-refractivity contribution is 0.383. The maximum atomic E-state index is 13.9. The zero-order valence-corrected chi connectivity index (χ0v) is 14.1. The number of aryl methyl sites for hydroxylation is 1. The Labute approximate surface area is 140 Å². The van der Waals surface area contributed by atoms with Crippen molar-refractivity contribution in [2.45, 2.75) is 11.8 Å². The van der Waals surface area contributed by atoms with Crippen LogP contribution in [0.5, 0.6) is 0 Å². The molecule has 0 bridgehead atoms. The zero-order chi connectivity index (χ0) is 17.3. The fraction of sp³-hybridized carbons (Fsp3) is 0.294. The number of hydrogen-bond acceptors (Lipinski definition) is 3. The van der Waals surface area contributed by atoms with E-state index in [1.807, 2.05) is 13.0 Å². The fourth-order valence-corrected chi connectivity index (χ4v) is 4.36. The first kappa shape index (κ1) is 16.9. The van der Waals surface area contributed by atoms with E-state index in [4.69, 9.17) is 0 Å². The third-order valence-electron chi connectivity index (χ3n) is 4.12. The Morgan fingerprint density at radius 3 is 2.29 bits per heavy atom. The van der Waals surface area contributed by atoms with Crippen molar-refractivity contribution in [1.82, 2.24) is 4.31 Å². The highest BCUT2D eigenvalue weighted by Crippen LogP contribution is 2.24. The van der Waals surface area contributed by atoms with Crippen LogP contribution >= 0.6 is 0 Å². The van der Waals surface area contributed by atoms with Crippen molar-refractivity contribution in [3.63, 3.8) is 0 Å². The lowest BCUT2D eigenvalue weighted by Crippen LogP contribution is -2.48. The Kier molecular flexibility index (Phi) is 4.56. The molecule has 7 heteroatoms. The smallest absolute Gasteiger partial charge is 0.243 e. The molecule has 0 saturated carbocycles. The van der Waals surface area contributed by atoms with Gasteiger partial charge in [0.1, 0.15) is 11.6 Å². The van der Waals surface area contributed by atoms with Gasteiger partial charge in [0.05, 0.1) is 10.6 Å². The molecule has 128 valence electrons. The largest absolute Gasteiger partial charge is 0.367 e. The van der Waals surface area contributed by atoms with E-state index >= 15 is 0 Å². The summed E-state index contributed by atoms with van der Waals surface area (Å²) in [5, 5.41) is 0. The van der Waals surface area contributed by atoms with Crippen molar-refractivity contribution >= 4 is 15.7 Å². The first-order valence-electron chi connectivity index (χ1n) is 7.65. The Morgan fingerprint density at radius 2 is 1.67 bits per heavy atom. The molecule has 0 N–H and O–H groups in total. The molecule has 24 heavy (non-hydrogen) atoms. The lowest BCUT2D eigenvalue weighted by atomic mass is 10.2. The molecule has 0 amide bonds. The minimum atomic E-state index is -3.55. The van der Waals surface area contributed by atoms with Crippen molar-refractivity contribution in [2.75, 3.05) is 31.1 Å². The summed E-state index contributed by atoms with van der Waals surface area (Å²) in [6.45, 7) is 3.07. The third kappa shape index (κ3) is 3.27. The molecule has 0 spiro atoms. The normalized spacial score (nSPS) is 16.4. The van der Waals surface area contributed by atoms with E-state index < -0.39 is 21.7 Å². The van der Waals surface area contributed by atoms with E-state index in [2.05, 4.69) is 0 Å². The molecule has 1 aliphatic heterocycles. The van der Waals surface area contributed by atoms with Crippen molar-refractivity contribution in [3.8, 4) is 0 Å². The van der Waals surface area contributed by atoms with Crippen LogP contribution < -0.4 is 4.90 Å². The first-order chi connectivity index (χ1) is 11.4. The van der Waals surface area contributed by atoms with Gasteiger partial charge < -0.3 is 4.90 Å². The van der Waals surface area contributed by atoms with Crippen LogP contribution in [0.4, 0.5) is 14.5 Å². The number of piperazine rings is 1. The van der Waals surface area contributed by atoms with Gasteiger partial charge >= 0.3 is 0 Å². The van der Waals surface area contributed by atoms with Crippen LogP contribution in [-0.2, 0) is 10.0 Å². The predicted molar refractivity (Wildman–Crippen MR) is 88.5 cm³/mol. The van der Waals surface area contributed by atoms with Crippen LogP contribution in [0, 0.1) is 18.6 Å². The minimum absolute atomic E-state index is 0.257. The van der Waals surface area contributed by atoms with Crippen LogP contribution in [0.15, 0.2) is 47.4 Å². The summed E-state index contributed by atoms with van der Waals surface area (Å²) in [4.78, 5) is 2.00. The summed E-state index contributed by atoms with van der Waals surface area (Å²) < 4.78 is 53.6. The molecular formula is C17H18F2N2O2S. The maximum absolute atomic E-state index is 13.9. The number of halogens is 2. The molecule has 0 radical (unpaired) electrons. The second kappa shape index (κ2) is 6.49. The van der Waals surface area contributed by atoms with Crippen LogP contribution in [-0.4, -0.2) is 38.9 Å². The van der Waals surface area contributed by atoms with Crippen LogP contribution in [0.2, 0.25) is 0 Å². The predicted octanol–water partition coefficient (Wildman–Crippen LogP) is 2.78. The van der Waals surface area contributed by atoms with Crippen LogP contribution in [0.25, 0.3) is 0 Å². The van der Waals surface area contributed by atoms with Crippen LogP contribution in [0.1, 0.15) is 5.56 Å². The van der Waals surface area contributed by atoms with E-state index in [-0.39, 0.29) is 18.0 Å². The summed E-state index contributed by atoms with van der Waals surface area (Å²) in [5.41, 5.74) is 1.17. The Balaban J connectivity index is 1.75. The van der Waals surface area contributed by atoms with E-state index in [1.165, 1.54) is 16.4 Å². The number of sulfonamides is 1. The number of benzene rings is 2. The molecule has 2 aromatic rings. The summed E-state index contributed by atoms with van der Waals surface area (Å²) in [7, 11) is -3.55. The molecule has 2 aromatic carbocycles. The van der Waals surface area contributed by atoms with Gasteiger partial charge in [-0.3, -0.25) is 0 Å². The minimum Gasteiger partial charge on any atom is -0.367 e. The van der Waals surface area contributed by atoms with Gasteiger partial charge in [0.25, 0.3) is 0 Å². The summed E-state index contributed by atoms with van der Waals surface area (Å²) >= 11 is 0. The van der Waals surface area contributed by atoms with E-state index in [1.54, 1.807) is 23.1 Å². The fourth-order valence-electron chi connectivity index (χ4n) is 2.83. The third-order valence-corrected chi connectivity index (χ3v) is 6.01. The maximum Gasteiger partial charge on any atom is 0.243 e. The summed E-state index contributed by atoms with van der Waals surface area (Å²) in [6, 6.07) is 10.2. The molecule has 1 fully saturated rings. The molecular weight excluding hydrogens is 334 g/mol. The van der Waals surface area contributed by atoms with Crippen molar-refractivity contribution in [1.29, 1.82) is 0 Å². The standard InChI is InChI=1S/C17H18F2N2O2S/c1-13-3-2-4-15(11-13)24(22,23)21-9-7-20(8-10-21)17-6-5-14(18)12-16(17)19/h2-6,11-12H,7-10H2,1H3. The molecule has 1 aliphatic rings. The molecule has 0 aromatic heterocycles. The zero-order valence-electron chi connectivity index (χ0n) is 13.2. The molecule has 0 unspecified atom stereocenters. The second-order valence-corrected chi connectivity index (χ2v) is 7.74. The van der Waals surface area contributed by atoms with Gasteiger partial charge in [0.15, 0.2) is 0 Å². The Morgan fingerprint density at radius 1 is 0.958 bits per heavy atom. The van der Waals surface area contributed by atoms with E-state index in [0.717, 1.165) is 11.6 Å². The summed E-state index contributed by atoms with van der Waals surface area (Å²) in [6.07, 6.45) is 0. The Hall–Kier alpha value is -1.99. The second-order valence-electron chi connectivity index (χ2n) is 5.80. The summed E-state index contributed by atoms with van der Waals surface area (Å²) in [5.74, 6) is -1.26. The van der Waals surface area contributed by atoms with Crippen molar-refractivity contribution in [2.24, 2.45) is 0 Å². The number of anilines is 1. The molecule has 0 aliphatic carbocycles. The van der Waals surface area contributed by atoms with Gasteiger partial charge in [-0.2, -0.15) is 4.31 Å². The molecule has 1 heterocycles. The monoisotopic (exact) mass is 352 g/mol. The number of hydrogen-bond donors (Lipinski definition) is 0. The molecule has 4 nitrogen and oxygen atoms in total. The quantitative estimate of drug-likeness (QED) is 0.853. The number of nitrogens with zero attached hydrogens (tertiary/aromatic N) is 2. The molecule has 3 rings (SSSR count). The van der Waals surface area contributed by atoms with E-state index in [9.17, 15) is 17.2 Å². The van der Waals surface area contributed by atoms with Gasteiger partial charge in [-0.15, -0.1) is 0 Å². The van der Waals surface area contributed by atoms with E-state index in [0.29, 0.717) is 18.8 Å². The average molecular weight is 352 g/mol. The first-order valence-corrected chi connectivity index (χ1v) is 9.09. The highest BCUT2D eigenvalue weighted by Gasteiger charge is 2.29. The topological polar surface area (TPSA) is 40.6 Å². The van der Waals surface area contributed by atoms with Gasteiger partial charge in [0.2, 0.25) is 10.0 Å². The SMILES string of the molecule is Cc1cccc(S(=O)(=O)N2CCN(c3ccc(F)cc3F)CC2)c1. The Bertz CT molecular complexity index is 847. The van der Waals surface area contributed by atoms with Crippen molar-refractivity contribution in [3.05, 3.63) is 59.7 Å². The number of rotatable bonds is 3. The molecule has 0 atom stereocenters. The molecule has 1 saturated heterocycles.